The van der Waals surface area contributed by atoms with E-state index in [-0.39, 0.29) is 17.4 Å². The third-order valence-corrected chi connectivity index (χ3v) is 5.87. The average Bonchev–Trinajstić information content (AvgIpc) is 2.58. The largest absolute Gasteiger partial charge is 0.370 e. The molecule has 0 aromatic carbocycles. The van der Waals surface area contributed by atoms with Crippen LogP contribution in [-0.4, -0.2) is 57.8 Å². The fraction of sp³-hybridized carbons (Fsp3) is 0.611. The minimum absolute atomic E-state index is 0.259. The van der Waals surface area contributed by atoms with Crippen LogP contribution in [0.1, 0.15) is 39.5 Å². The van der Waals surface area contributed by atoms with Crippen molar-refractivity contribution >= 4 is 29.1 Å². The second-order valence-electron chi connectivity index (χ2n) is 6.63. The SMILES string of the molecule is CCN1C(=O)C(=C2C=CC3CCCCC3N2C)C(=O)N(CC)C1=S. The van der Waals surface area contributed by atoms with E-state index >= 15 is 0 Å². The highest BCUT2D eigenvalue weighted by Crippen LogP contribution is 2.36. The van der Waals surface area contributed by atoms with E-state index in [4.69, 9.17) is 12.2 Å². The van der Waals surface area contributed by atoms with Crippen molar-refractivity contribution in [2.75, 3.05) is 20.1 Å². The van der Waals surface area contributed by atoms with Gasteiger partial charge in [0.15, 0.2) is 5.11 Å². The molecule has 1 saturated heterocycles. The van der Waals surface area contributed by atoms with Gasteiger partial charge in [-0.05, 0) is 50.9 Å². The minimum atomic E-state index is -0.266. The molecule has 0 bridgehead atoms. The molecular formula is C18H25N3O2S. The topological polar surface area (TPSA) is 43.9 Å². The summed E-state index contributed by atoms with van der Waals surface area (Å²) in [5.41, 5.74) is 1.00. The summed E-state index contributed by atoms with van der Waals surface area (Å²) in [5, 5.41) is 0.317. The quantitative estimate of drug-likeness (QED) is 0.437. The molecule has 130 valence electrons. The van der Waals surface area contributed by atoms with E-state index in [0.717, 1.165) is 12.1 Å². The highest BCUT2D eigenvalue weighted by molar-refractivity contribution is 7.80. The smallest absolute Gasteiger partial charge is 0.267 e. The number of hydrogen-bond acceptors (Lipinski definition) is 4. The van der Waals surface area contributed by atoms with Gasteiger partial charge in [0.2, 0.25) is 0 Å². The number of carbonyl (C=O) groups is 2. The van der Waals surface area contributed by atoms with Crippen LogP contribution in [0.25, 0.3) is 0 Å². The van der Waals surface area contributed by atoms with E-state index in [1.807, 2.05) is 27.0 Å². The number of hydrogen-bond donors (Lipinski definition) is 0. The summed E-state index contributed by atoms with van der Waals surface area (Å²) in [6.07, 6.45) is 8.90. The molecule has 2 atom stereocenters. The Hall–Kier alpha value is -1.69. The van der Waals surface area contributed by atoms with Crippen LogP contribution < -0.4 is 0 Å². The first kappa shape index (κ1) is 17.1. The lowest BCUT2D eigenvalue weighted by Gasteiger charge is -2.43. The van der Waals surface area contributed by atoms with Gasteiger partial charge in [-0.3, -0.25) is 19.4 Å². The van der Waals surface area contributed by atoms with Gasteiger partial charge in [0.1, 0.15) is 5.57 Å². The predicted molar refractivity (Wildman–Crippen MR) is 97.0 cm³/mol. The van der Waals surface area contributed by atoms with E-state index in [0.29, 0.717) is 30.2 Å². The number of thiocarbonyl (C=S) groups is 1. The van der Waals surface area contributed by atoms with Crippen molar-refractivity contribution in [3.63, 3.8) is 0 Å². The molecule has 3 rings (SSSR count). The first-order valence-corrected chi connectivity index (χ1v) is 9.25. The second-order valence-corrected chi connectivity index (χ2v) is 6.99. The zero-order chi connectivity index (χ0) is 17.4. The summed E-state index contributed by atoms with van der Waals surface area (Å²) in [7, 11) is 2.01. The summed E-state index contributed by atoms with van der Waals surface area (Å²) in [4.78, 5) is 31.0. The van der Waals surface area contributed by atoms with Crippen molar-refractivity contribution in [2.24, 2.45) is 5.92 Å². The van der Waals surface area contributed by atoms with Gasteiger partial charge in [-0.15, -0.1) is 0 Å². The van der Waals surface area contributed by atoms with Gasteiger partial charge in [0.05, 0.1) is 5.70 Å². The molecule has 1 aliphatic carbocycles. The molecule has 2 aliphatic heterocycles. The van der Waals surface area contributed by atoms with E-state index in [9.17, 15) is 9.59 Å². The first-order chi connectivity index (χ1) is 11.5. The standard InChI is InChI=1S/C18H25N3O2S/c1-4-20-16(22)15(17(23)21(5-2)18(20)24)14-11-10-12-8-6-7-9-13(12)19(14)3/h10-13H,4-9H2,1-3H3. The Morgan fingerprint density at radius 2 is 1.67 bits per heavy atom. The summed E-state index contributed by atoms with van der Waals surface area (Å²) in [6.45, 7) is 4.71. The van der Waals surface area contributed by atoms with Gasteiger partial charge in [-0.1, -0.05) is 18.9 Å². The molecule has 24 heavy (non-hydrogen) atoms. The molecular weight excluding hydrogens is 322 g/mol. The average molecular weight is 347 g/mol. The van der Waals surface area contributed by atoms with Gasteiger partial charge in [0.25, 0.3) is 11.8 Å². The molecule has 0 radical (unpaired) electrons. The Kier molecular flexibility index (Phi) is 4.76. The molecule has 5 nitrogen and oxygen atoms in total. The third-order valence-electron chi connectivity index (χ3n) is 5.43. The summed E-state index contributed by atoms with van der Waals surface area (Å²) < 4.78 is 0. The molecule has 0 N–H and O–H groups in total. The number of likely N-dealkylation sites (N-methyl/N-ethyl adjacent to an activating group) is 3. The van der Waals surface area contributed by atoms with Gasteiger partial charge >= 0.3 is 0 Å². The highest BCUT2D eigenvalue weighted by Gasteiger charge is 2.42. The number of fused-ring (bicyclic) bond motifs is 1. The van der Waals surface area contributed by atoms with Crippen LogP contribution in [0.4, 0.5) is 0 Å². The van der Waals surface area contributed by atoms with Crippen LogP contribution in [-0.2, 0) is 9.59 Å². The second kappa shape index (κ2) is 6.67. The van der Waals surface area contributed by atoms with Crippen molar-refractivity contribution in [3.8, 4) is 0 Å². The van der Waals surface area contributed by atoms with Crippen molar-refractivity contribution in [1.29, 1.82) is 0 Å². The van der Waals surface area contributed by atoms with Crippen LogP contribution >= 0.6 is 12.2 Å². The van der Waals surface area contributed by atoms with E-state index < -0.39 is 0 Å². The maximum atomic E-state index is 12.9. The fourth-order valence-corrected chi connectivity index (χ4v) is 4.50. The molecule has 2 unspecified atom stereocenters. The van der Waals surface area contributed by atoms with Crippen molar-refractivity contribution in [1.82, 2.24) is 14.7 Å². The molecule has 0 spiro atoms. The Morgan fingerprint density at radius 3 is 2.25 bits per heavy atom. The van der Waals surface area contributed by atoms with Gasteiger partial charge in [-0.2, -0.15) is 0 Å². The van der Waals surface area contributed by atoms with Crippen LogP contribution in [0.15, 0.2) is 23.4 Å². The summed E-state index contributed by atoms with van der Waals surface area (Å²) in [6, 6.07) is 0.380. The maximum absolute atomic E-state index is 12.9. The van der Waals surface area contributed by atoms with Gasteiger partial charge in [0, 0.05) is 26.2 Å². The first-order valence-electron chi connectivity index (χ1n) is 8.84. The monoisotopic (exact) mass is 347 g/mol. The third kappa shape index (κ3) is 2.57. The summed E-state index contributed by atoms with van der Waals surface area (Å²) >= 11 is 5.33. The van der Waals surface area contributed by atoms with Gasteiger partial charge in [-0.25, -0.2) is 0 Å². The molecule has 6 heteroatoms. The van der Waals surface area contributed by atoms with E-state index in [2.05, 4.69) is 11.0 Å². The van der Waals surface area contributed by atoms with Crippen LogP contribution in [0.3, 0.4) is 0 Å². The normalized spacial score (nSPS) is 28.0. The van der Waals surface area contributed by atoms with Crippen molar-refractivity contribution in [2.45, 2.75) is 45.6 Å². The minimum Gasteiger partial charge on any atom is -0.370 e. The lowest BCUT2D eigenvalue weighted by molar-refractivity contribution is -0.133. The zero-order valence-corrected chi connectivity index (χ0v) is 15.4. The number of amides is 2. The molecule has 2 amide bonds. The summed E-state index contributed by atoms with van der Waals surface area (Å²) in [5.74, 6) is -0.0107. The Morgan fingerprint density at radius 1 is 1.08 bits per heavy atom. The number of allylic oxidation sites excluding steroid dienone is 1. The molecule has 1 saturated carbocycles. The van der Waals surface area contributed by atoms with Crippen molar-refractivity contribution < 1.29 is 9.59 Å². The Balaban J connectivity index is 2.07. The molecule has 0 aromatic heterocycles. The maximum Gasteiger partial charge on any atom is 0.267 e. The molecule has 2 fully saturated rings. The van der Waals surface area contributed by atoms with Crippen molar-refractivity contribution in [3.05, 3.63) is 23.4 Å². The zero-order valence-electron chi connectivity index (χ0n) is 14.6. The lowest BCUT2D eigenvalue weighted by Crippen LogP contribution is -2.57. The highest BCUT2D eigenvalue weighted by atomic mass is 32.1. The van der Waals surface area contributed by atoms with E-state index in [1.165, 1.54) is 29.1 Å². The van der Waals surface area contributed by atoms with Gasteiger partial charge < -0.3 is 4.90 Å². The Bertz CT molecular complexity index is 612. The van der Waals surface area contributed by atoms with E-state index in [1.54, 1.807) is 0 Å². The number of rotatable bonds is 2. The number of carbonyl (C=O) groups excluding carboxylic acids is 2. The molecule has 2 heterocycles. The predicted octanol–water partition coefficient (Wildman–Crippen LogP) is 2.30. The fourth-order valence-electron chi connectivity index (χ4n) is 4.07. The number of nitrogens with zero attached hydrogens (tertiary/aromatic N) is 3. The van der Waals surface area contributed by atoms with Crippen LogP contribution in [0.5, 0.6) is 0 Å². The molecule has 3 aliphatic rings. The van der Waals surface area contributed by atoms with Crippen LogP contribution in [0.2, 0.25) is 0 Å². The molecule has 0 aromatic rings. The Labute approximate surface area is 149 Å². The lowest BCUT2D eigenvalue weighted by atomic mass is 9.80. The van der Waals surface area contributed by atoms with Crippen LogP contribution in [0, 0.1) is 5.92 Å².